The van der Waals surface area contributed by atoms with E-state index in [1.54, 1.807) is 0 Å². The van der Waals surface area contributed by atoms with Gasteiger partial charge in [-0.2, -0.15) is 0 Å². The summed E-state index contributed by atoms with van der Waals surface area (Å²) in [7, 11) is 0. The van der Waals surface area contributed by atoms with Crippen molar-refractivity contribution in [1.82, 2.24) is 10.9 Å². The van der Waals surface area contributed by atoms with Crippen LogP contribution < -0.4 is 16.2 Å². The zero-order valence-corrected chi connectivity index (χ0v) is 10.4. The Morgan fingerprint density at radius 3 is 2.62 bits per heavy atom. The molecule has 0 aliphatic carbocycles. The highest BCUT2D eigenvalue weighted by Crippen LogP contribution is 2.12. The number of hydrogen-bond donors (Lipinski definition) is 3. The topological polar surface area (TPSA) is 70.2 Å². The summed E-state index contributed by atoms with van der Waals surface area (Å²) in [6, 6.07) is 6.96. The molecule has 0 radical (unpaired) electrons. The Balaban J connectivity index is 1.97. The Kier molecular flexibility index (Phi) is 3.39. The van der Waals surface area contributed by atoms with Gasteiger partial charge in [-0.3, -0.25) is 15.0 Å². The van der Waals surface area contributed by atoms with E-state index in [-0.39, 0.29) is 18.2 Å². The number of carbonyl (C=O) groups is 2. The maximum atomic E-state index is 11.7. The molecule has 3 N–H and O–H groups in total. The molecule has 2 rings (SSSR count). The Hall–Kier alpha value is -1.15. The van der Waals surface area contributed by atoms with Gasteiger partial charge in [-0.05, 0) is 46.9 Å². The van der Waals surface area contributed by atoms with E-state index >= 15 is 0 Å². The van der Waals surface area contributed by atoms with Crippen LogP contribution in [0.4, 0.5) is 5.69 Å². The van der Waals surface area contributed by atoms with Gasteiger partial charge >= 0.3 is 0 Å². The number of nitrogens with one attached hydrogen (secondary N) is 3. The molecule has 5 nitrogen and oxygen atoms in total. The van der Waals surface area contributed by atoms with Gasteiger partial charge in [-0.15, -0.1) is 0 Å². The van der Waals surface area contributed by atoms with E-state index < -0.39 is 6.04 Å². The molecule has 0 bridgehead atoms. The second-order valence-corrected chi connectivity index (χ2v) is 4.69. The van der Waals surface area contributed by atoms with Crippen LogP contribution in [0.5, 0.6) is 0 Å². The third kappa shape index (κ3) is 2.70. The highest BCUT2D eigenvalue weighted by Gasteiger charge is 2.27. The quantitative estimate of drug-likeness (QED) is 0.696. The Morgan fingerprint density at radius 1 is 1.38 bits per heavy atom. The first-order valence-electron chi connectivity index (χ1n) is 4.76. The summed E-state index contributed by atoms with van der Waals surface area (Å²) in [6.45, 7) is 0. The number of halogens is 1. The average Bonchev–Trinajstić information content (AvgIpc) is 2.68. The summed E-state index contributed by atoms with van der Waals surface area (Å²) in [6.07, 6.45) is 0.177. The molecule has 1 aliphatic heterocycles. The summed E-state index contributed by atoms with van der Waals surface area (Å²) in [4.78, 5) is 22.6. The lowest BCUT2D eigenvalue weighted by molar-refractivity contribution is -0.121. The van der Waals surface area contributed by atoms with Gasteiger partial charge in [0, 0.05) is 9.26 Å². The molecule has 6 heteroatoms. The summed E-state index contributed by atoms with van der Waals surface area (Å²) in [5.41, 5.74) is 5.75. The lowest BCUT2D eigenvalue weighted by Crippen LogP contribution is -2.39. The molecule has 84 valence electrons. The summed E-state index contributed by atoms with van der Waals surface area (Å²) < 4.78 is 1.10. The van der Waals surface area contributed by atoms with Crippen LogP contribution in [0.25, 0.3) is 0 Å². The predicted molar refractivity (Wildman–Crippen MR) is 67.5 cm³/mol. The highest BCUT2D eigenvalue weighted by atomic mass is 127. The highest BCUT2D eigenvalue weighted by molar-refractivity contribution is 14.1. The Morgan fingerprint density at radius 2 is 2.06 bits per heavy atom. The van der Waals surface area contributed by atoms with Crippen molar-refractivity contribution in [2.75, 3.05) is 5.32 Å². The van der Waals surface area contributed by atoms with Crippen LogP contribution >= 0.6 is 22.6 Å². The van der Waals surface area contributed by atoms with Crippen molar-refractivity contribution in [3.63, 3.8) is 0 Å². The molecule has 1 aromatic carbocycles. The number of benzene rings is 1. The third-order valence-corrected chi connectivity index (χ3v) is 2.92. The fourth-order valence-corrected chi connectivity index (χ4v) is 1.74. The van der Waals surface area contributed by atoms with Crippen LogP contribution in [0.15, 0.2) is 24.3 Å². The normalized spacial score (nSPS) is 19.3. The van der Waals surface area contributed by atoms with Gasteiger partial charge < -0.3 is 5.32 Å². The SMILES string of the molecule is O=C1CC(C(=O)Nc2ccc(I)cc2)NN1. The first-order valence-corrected chi connectivity index (χ1v) is 5.84. The standard InChI is InChI=1S/C10H10IN3O2/c11-6-1-3-7(4-2-6)12-10(16)8-5-9(15)14-13-8/h1-4,8,13H,5H2,(H,12,16)(H,14,15). The van der Waals surface area contributed by atoms with Gasteiger partial charge in [0.2, 0.25) is 11.8 Å². The minimum atomic E-state index is -0.494. The van der Waals surface area contributed by atoms with Gasteiger partial charge in [0.1, 0.15) is 6.04 Å². The van der Waals surface area contributed by atoms with E-state index in [0.29, 0.717) is 0 Å². The summed E-state index contributed by atoms with van der Waals surface area (Å²) in [5.74, 6) is -0.373. The number of carbonyl (C=O) groups excluding carboxylic acids is 2. The monoisotopic (exact) mass is 331 g/mol. The van der Waals surface area contributed by atoms with Crippen molar-refractivity contribution in [3.05, 3.63) is 27.8 Å². The molecule has 0 saturated carbocycles. The van der Waals surface area contributed by atoms with Crippen molar-refractivity contribution < 1.29 is 9.59 Å². The van der Waals surface area contributed by atoms with Crippen LogP contribution in [0, 0.1) is 3.57 Å². The number of anilines is 1. The molecule has 1 aliphatic rings. The molecule has 1 fully saturated rings. The third-order valence-electron chi connectivity index (χ3n) is 2.20. The van der Waals surface area contributed by atoms with Crippen molar-refractivity contribution >= 4 is 40.1 Å². The van der Waals surface area contributed by atoms with Crippen LogP contribution in [0.2, 0.25) is 0 Å². The first kappa shape index (κ1) is 11.3. The molecule has 1 atom stereocenters. The number of rotatable bonds is 2. The molecule has 1 unspecified atom stereocenters. The minimum absolute atomic E-state index is 0.164. The largest absolute Gasteiger partial charge is 0.325 e. The Labute approximate surface area is 106 Å². The molecular weight excluding hydrogens is 321 g/mol. The van der Waals surface area contributed by atoms with Crippen molar-refractivity contribution in [3.8, 4) is 0 Å². The maximum absolute atomic E-state index is 11.7. The van der Waals surface area contributed by atoms with E-state index in [0.717, 1.165) is 9.26 Å². The van der Waals surface area contributed by atoms with E-state index in [1.807, 2.05) is 24.3 Å². The van der Waals surface area contributed by atoms with Crippen LogP contribution in [0.1, 0.15) is 6.42 Å². The van der Waals surface area contributed by atoms with Crippen LogP contribution in [-0.2, 0) is 9.59 Å². The molecule has 0 aromatic heterocycles. The van der Waals surface area contributed by atoms with E-state index in [1.165, 1.54) is 0 Å². The van der Waals surface area contributed by atoms with Gasteiger partial charge in [0.15, 0.2) is 0 Å². The number of hydrazine groups is 1. The van der Waals surface area contributed by atoms with Crippen molar-refractivity contribution in [2.45, 2.75) is 12.5 Å². The number of hydrogen-bond acceptors (Lipinski definition) is 3. The lowest BCUT2D eigenvalue weighted by Gasteiger charge is -2.09. The van der Waals surface area contributed by atoms with Gasteiger partial charge in [0.05, 0.1) is 6.42 Å². The molecule has 1 heterocycles. The minimum Gasteiger partial charge on any atom is -0.325 e. The van der Waals surface area contributed by atoms with E-state index in [2.05, 4.69) is 38.8 Å². The van der Waals surface area contributed by atoms with E-state index in [9.17, 15) is 9.59 Å². The molecule has 1 saturated heterocycles. The molecule has 1 aromatic rings. The lowest BCUT2D eigenvalue weighted by atomic mass is 10.2. The van der Waals surface area contributed by atoms with Crippen LogP contribution in [-0.4, -0.2) is 17.9 Å². The first-order chi connectivity index (χ1) is 7.65. The van der Waals surface area contributed by atoms with Gasteiger partial charge in [0.25, 0.3) is 0 Å². The zero-order chi connectivity index (χ0) is 11.5. The van der Waals surface area contributed by atoms with Crippen molar-refractivity contribution in [1.29, 1.82) is 0 Å². The average molecular weight is 331 g/mol. The molecule has 2 amide bonds. The smallest absolute Gasteiger partial charge is 0.243 e. The fraction of sp³-hybridized carbons (Fsp3) is 0.200. The predicted octanol–water partition coefficient (Wildman–Crippen LogP) is 0.623. The maximum Gasteiger partial charge on any atom is 0.243 e. The van der Waals surface area contributed by atoms with Gasteiger partial charge in [-0.25, -0.2) is 5.43 Å². The molecule has 0 spiro atoms. The summed E-state index contributed by atoms with van der Waals surface area (Å²) in [5, 5.41) is 2.73. The number of amides is 2. The Bertz CT molecular complexity index is 419. The van der Waals surface area contributed by atoms with Gasteiger partial charge in [-0.1, -0.05) is 0 Å². The van der Waals surface area contributed by atoms with Crippen molar-refractivity contribution in [2.24, 2.45) is 0 Å². The van der Waals surface area contributed by atoms with Crippen LogP contribution in [0.3, 0.4) is 0 Å². The second kappa shape index (κ2) is 4.79. The summed E-state index contributed by atoms with van der Waals surface area (Å²) >= 11 is 2.19. The molecule has 16 heavy (non-hydrogen) atoms. The molecular formula is C10H10IN3O2. The van der Waals surface area contributed by atoms with E-state index in [4.69, 9.17) is 0 Å². The zero-order valence-electron chi connectivity index (χ0n) is 8.29. The fourth-order valence-electron chi connectivity index (χ4n) is 1.38. The second-order valence-electron chi connectivity index (χ2n) is 3.45.